The number of nitrogens with zero attached hydrogens (tertiary/aromatic N) is 4. The number of hydrogen-bond acceptors (Lipinski definition) is 4. The van der Waals surface area contributed by atoms with E-state index in [1.54, 1.807) is 12.1 Å². The van der Waals surface area contributed by atoms with Gasteiger partial charge in [0.2, 0.25) is 17.8 Å². The van der Waals surface area contributed by atoms with Gasteiger partial charge < -0.3 is 0 Å². The lowest BCUT2D eigenvalue weighted by Gasteiger charge is -2.29. The number of aromatic nitrogens is 3. The lowest BCUT2D eigenvalue weighted by Crippen LogP contribution is -2.28. The molecule has 0 radical (unpaired) electrons. The summed E-state index contributed by atoms with van der Waals surface area (Å²) in [7, 11) is 0. The van der Waals surface area contributed by atoms with Gasteiger partial charge in [-0.2, -0.15) is 5.26 Å². The quantitative estimate of drug-likeness (QED) is 0.813. The Balaban J connectivity index is 0.00000225. The number of imidazole rings is 1. The Morgan fingerprint density at radius 2 is 1.96 bits per heavy atom. The molecule has 0 aromatic carbocycles. The van der Waals surface area contributed by atoms with Gasteiger partial charge in [0, 0.05) is 25.3 Å². The van der Waals surface area contributed by atoms with Crippen LogP contribution in [0, 0.1) is 17.2 Å². The van der Waals surface area contributed by atoms with Crippen molar-refractivity contribution >= 4 is 23.0 Å². The second-order valence-corrected chi connectivity index (χ2v) is 7.59. The van der Waals surface area contributed by atoms with Crippen molar-refractivity contribution in [3.8, 4) is 6.07 Å². The van der Waals surface area contributed by atoms with Crippen molar-refractivity contribution in [2.24, 2.45) is 5.92 Å². The maximum atomic E-state index is 13.3. The first-order valence-electron chi connectivity index (χ1n) is 9.42. The fraction of sp³-hybridized carbons (Fsp3) is 0.600. The molecule has 2 saturated carbocycles. The summed E-state index contributed by atoms with van der Waals surface area (Å²) in [4.78, 5) is 21.3. The number of alkyl halides is 2. The van der Waals surface area contributed by atoms with Crippen LogP contribution in [-0.2, 0) is 4.79 Å². The molecule has 2 fully saturated rings. The lowest BCUT2D eigenvalue weighted by atomic mass is 9.84. The van der Waals surface area contributed by atoms with Crippen LogP contribution in [-0.4, -0.2) is 26.4 Å². The van der Waals surface area contributed by atoms with Crippen LogP contribution in [0.4, 0.5) is 14.7 Å². The Morgan fingerprint density at radius 3 is 2.57 bits per heavy atom. The molecule has 0 saturated heterocycles. The summed E-state index contributed by atoms with van der Waals surface area (Å²) >= 11 is 0. The molecule has 0 unspecified atom stereocenters. The molecule has 0 bridgehead atoms. The monoisotopic (exact) mass is 389 g/mol. The summed E-state index contributed by atoms with van der Waals surface area (Å²) in [5, 5.41) is 12.0. The lowest BCUT2D eigenvalue weighted by molar-refractivity contribution is -0.118. The number of nitriles is 1. The van der Waals surface area contributed by atoms with Crippen molar-refractivity contribution in [1.82, 2.24) is 14.5 Å². The fourth-order valence-corrected chi connectivity index (χ4v) is 3.86. The van der Waals surface area contributed by atoms with Gasteiger partial charge in [-0.1, -0.05) is 7.43 Å². The highest BCUT2D eigenvalue weighted by Crippen LogP contribution is 2.38. The number of fused-ring (bicyclic) bond motifs is 1. The van der Waals surface area contributed by atoms with Crippen molar-refractivity contribution in [2.75, 3.05) is 5.32 Å². The van der Waals surface area contributed by atoms with E-state index in [-0.39, 0.29) is 44.6 Å². The van der Waals surface area contributed by atoms with Crippen molar-refractivity contribution in [2.45, 2.75) is 70.8 Å². The van der Waals surface area contributed by atoms with Gasteiger partial charge in [0.15, 0.2) is 5.65 Å². The molecule has 2 aliphatic carbocycles. The second kappa shape index (κ2) is 7.82. The minimum absolute atomic E-state index is 0. The molecular formula is C20H25F2N5O. The maximum Gasteiger partial charge on any atom is 0.248 e. The molecule has 2 aromatic rings. The zero-order chi connectivity index (χ0) is 19.0. The Hall–Kier alpha value is -2.56. The summed E-state index contributed by atoms with van der Waals surface area (Å²) in [6, 6.07) is 5.58. The maximum absolute atomic E-state index is 13.3. The average Bonchev–Trinajstić information content (AvgIpc) is 2.92. The molecule has 2 heterocycles. The van der Waals surface area contributed by atoms with Crippen LogP contribution in [0.1, 0.15) is 70.5 Å². The van der Waals surface area contributed by atoms with E-state index < -0.39 is 5.92 Å². The van der Waals surface area contributed by atoms with Crippen molar-refractivity contribution in [3.05, 3.63) is 17.8 Å². The van der Waals surface area contributed by atoms with Gasteiger partial charge in [-0.15, -0.1) is 0 Å². The van der Waals surface area contributed by atoms with Crippen LogP contribution in [0.25, 0.3) is 11.2 Å². The van der Waals surface area contributed by atoms with Gasteiger partial charge in [0.05, 0.1) is 0 Å². The molecule has 2 aliphatic rings. The number of amides is 1. The van der Waals surface area contributed by atoms with Crippen molar-refractivity contribution in [1.29, 1.82) is 5.26 Å². The molecule has 2 aromatic heterocycles. The smallest absolute Gasteiger partial charge is 0.248 e. The number of nitrogens with one attached hydrogen (secondary N) is 1. The number of carbonyl (C=O) groups is 1. The van der Waals surface area contributed by atoms with Gasteiger partial charge in [-0.05, 0) is 50.2 Å². The summed E-state index contributed by atoms with van der Waals surface area (Å²) in [6.45, 7) is 0. The standard InChI is InChI=1S/C19H21F2N5O.CH4/c20-19(21)8-6-12(7-9-19)10-16(27)25-18-24-15-5-4-13(11-22)23-17(15)26(18)14-2-1-3-14;/h4-5,12,14H,1-3,6-10H2,(H,24,25,27);1H4. The minimum atomic E-state index is -2.59. The molecule has 28 heavy (non-hydrogen) atoms. The van der Waals surface area contributed by atoms with Crippen LogP contribution >= 0.6 is 0 Å². The van der Waals surface area contributed by atoms with Gasteiger partial charge >= 0.3 is 0 Å². The van der Waals surface area contributed by atoms with Crippen LogP contribution < -0.4 is 5.32 Å². The summed E-state index contributed by atoms with van der Waals surface area (Å²) in [5.41, 5.74) is 1.55. The van der Waals surface area contributed by atoms with Crippen LogP contribution in [0.5, 0.6) is 0 Å². The van der Waals surface area contributed by atoms with Gasteiger partial charge in [0.25, 0.3) is 0 Å². The number of pyridine rings is 1. The number of rotatable bonds is 4. The predicted molar refractivity (Wildman–Crippen MR) is 102 cm³/mol. The highest BCUT2D eigenvalue weighted by Gasteiger charge is 2.35. The Bertz CT molecular complexity index is 903. The first-order valence-corrected chi connectivity index (χ1v) is 9.42. The van der Waals surface area contributed by atoms with Crippen molar-refractivity contribution < 1.29 is 13.6 Å². The Kier molecular flexibility index (Phi) is 5.64. The third-order valence-corrected chi connectivity index (χ3v) is 5.65. The van der Waals surface area contributed by atoms with Crippen LogP contribution in [0.3, 0.4) is 0 Å². The van der Waals surface area contributed by atoms with E-state index in [9.17, 15) is 13.6 Å². The fourth-order valence-electron chi connectivity index (χ4n) is 3.86. The van der Waals surface area contributed by atoms with E-state index in [0.29, 0.717) is 35.6 Å². The van der Waals surface area contributed by atoms with Gasteiger partial charge in [0.1, 0.15) is 17.3 Å². The molecule has 6 nitrogen and oxygen atoms in total. The van der Waals surface area contributed by atoms with E-state index in [4.69, 9.17) is 5.26 Å². The third-order valence-electron chi connectivity index (χ3n) is 5.65. The molecule has 0 spiro atoms. The molecule has 0 atom stereocenters. The largest absolute Gasteiger partial charge is 0.296 e. The number of carbonyl (C=O) groups excluding carboxylic acids is 1. The van der Waals surface area contributed by atoms with E-state index in [2.05, 4.69) is 15.3 Å². The minimum Gasteiger partial charge on any atom is -0.296 e. The Morgan fingerprint density at radius 1 is 1.25 bits per heavy atom. The molecule has 0 aliphatic heterocycles. The molecule has 1 amide bonds. The van der Waals surface area contributed by atoms with E-state index in [0.717, 1.165) is 19.3 Å². The topological polar surface area (TPSA) is 83.6 Å². The van der Waals surface area contributed by atoms with Gasteiger partial charge in [-0.3, -0.25) is 14.7 Å². The Labute approximate surface area is 163 Å². The van der Waals surface area contributed by atoms with E-state index in [1.807, 2.05) is 10.6 Å². The first-order chi connectivity index (χ1) is 12.9. The molecule has 1 N–H and O–H groups in total. The van der Waals surface area contributed by atoms with Crippen LogP contribution in [0.2, 0.25) is 0 Å². The number of hydrogen-bond donors (Lipinski definition) is 1. The SMILES string of the molecule is C.N#Cc1ccc2nc(NC(=O)CC3CCC(F)(F)CC3)n(C3CCC3)c2n1. The van der Waals surface area contributed by atoms with E-state index in [1.165, 1.54) is 0 Å². The second-order valence-electron chi connectivity index (χ2n) is 7.59. The zero-order valence-corrected chi connectivity index (χ0v) is 14.9. The number of halogens is 2. The molecule has 8 heteroatoms. The van der Waals surface area contributed by atoms with Crippen LogP contribution in [0.15, 0.2) is 12.1 Å². The molecule has 150 valence electrons. The van der Waals surface area contributed by atoms with Gasteiger partial charge in [-0.25, -0.2) is 18.7 Å². The highest BCUT2D eigenvalue weighted by atomic mass is 19.3. The summed E-state index contributed by atoms with van der Waals surface area (Å²) in [5.74, 6) is -2.38. The highest BCUT2D eigenvalue weighted by molar-refractivity contribution is 5.91. The van der Waals surface area contributed by atoms with E-state index >= 15 is 0 Å². The third kappa shape index (κ3) is 3.98. The average molecular weight is 389 g/mol. The normalized spacial score (nSPS) is 19.5. The zero-order valence-electron chi connectivity index (χ0n) is 14.9. The molecule has 4 rings (SSSR count). The first kappa shape index (κ1) is 20.2. The predicted octanol–water partition coefficient (Wildman–Crippen LogP) is 4.82. The van der Waals surface area contributed by atoms with Crippen molar-refractivity contribution in [3.63, 3.8) is 0 Å². The summed E-state index contributed by atoms with van der Waals surface area (Å²) < 4.78 is 28.5. The summed E-state index contributed by atoms with van der Waals surface area (Å²) in [6.07, 6.45) is 3.72. The number of anilines is 1. The molecular weight excluding hydrogens is 364 g/mol.